The molecule has 2 aromatic rings. The maximum absolute atomic E-state index is 12.8. The molecule has 1 fully saturated rings. The highest BCUT2D eigenvalue weighted by Crippen LogP contribution is 2.36. The molecular formula is C16H14Cl4N2O3S. The number of hydrogen-bond donors (Lipinski definition) is 1. The number of nitrogens with zero attached hydrogens (tertiary/aromatic N) is 2. The fraction of sp³-hybridized carbons (Fsp3) is 0.250. The summed E-state index contributed by atoms with van der Waals surface area (Å²) in [5.74, 6) is -0.497. The molecule has 0 unspecified atom stereocenters. The van der Waals surface area contributed by atoms with Crippen molar-refractivity contribution >= 4 is 62.1 Å². The lowest BCUT2D eigenvalue weighted by Gasteiger charge is -2.35. The number of piperazine rings is 1. The standard InChI is InChI=1S/C16H14Cl4N2O3S/c17-10-7-14(20)16(23)15(8-10)26(24,25)22-5-3-21(4-6-22)11-1-2-12(18)13(19)9-11/h1-2,7-9,23H,3-6H2. The van der Waals surface area contributed by atoms with E-state index in [0.717, 1.165) is 5.69 Å². The molecule has 0 aliphatic carbocycles. The number of aromatic hydroxyl groups is 1. The predicted octanol–water partition coefficient (Wildman–Crippen LogP) is 4.52. The second-order valence-electron chi connectivity index (χ2n) is 5.72. The van der Waals surface area contributed by atoms with E-state index in [4.69, 9.17) is 46.4 Å². The van der Waals surface area contributed by atoms with Crippen molar-refractivity contribution in [3.8, 4) is 5.75 Å². The van der Waals surface area contributed by atoms with E-state index >= 15 is 0 Å². The van der Waals surface area contributed by atoms with Crippen molar-refractivity contribution < 1.29 is 13.5 Å². The first-order chi connectivity index (χ1) is 12.2. The van der Waals surface area contributed by atoms with E-state index in [2.05, 4.69) is 0 Å². The number of anilines is 1. The molecule has 0 atom stereocenters. The second kappa shape index (κ2) is 7.62. The molecule has 1 aliphatic heterocycles. The SMILES string of the molecule is O=S(=O)(c1cc(Cl)cc(Cl)c1O)N1CCN(c2ccc(Cl)c(Cl)c2)CC1. The van der Waals surface area contributed by atoms with Crippen LogP contribution in [-0.4, -0.2) is 44.0 Å². The molecule has 1 heterocycles. The largest absolute Gasteiger partial charge is 0.505 e. The minimum Gasteiger partial charge on any atom is -0.505 e. The van der Waals surface area contributed by atoms with E-state index in [0.29, 0.717) is 23.1 Å². The summed E-state index contributed by atoms with van der Waals surface area (Å²) >= 11 is 23.7. The summed E-state index contributed by atoms with van der Waals surface area (Å²) in [6.07, 6.45) is 0. The summed E-state index contributed by atoms with van der Waals surface area (Å²) < 4.78 is 27.0. The van der Waals surface area contributed by atoms with E-state index in [1.165, 1.54) is 16.4 Å². The van der Waals surface area contributed by atoms with Crippen molar-refractivity contribution in [1.29, 1.82) is 0 Å². The zero-order chi connectivity index (χ0) is 19.1. The van der Waals surface area contributed by atoms with Gasteiger partial charge in [-0.15, -0.1) is 0 Å². The van der Waals surface area contributed by atoms with Crippen molar-refractivity contribution in [3.05, 3.63) is 50.4 Å². The number of halogens is 4. The Morgan fingerprint density at radius 1 is 0.846 bits per heavy atom. The number of benzene rings is 2. The van der Waals surface area contributed by atoms with Crippen LogP contribution >= 0.6 is 46.4 Å². The highest BCUT2D eigenvalue weighted by Gasteiger charge is 2.31. The topological polar surface area (TPSA) is 60.9 Å². The average molecular weight is 456 g/mol. The minimum absolute atomic E-state index is 0.106. The highest BCUT2D eigenvalue weighted by atomic mass is 35.5. The number of sulfonamides is 1. The predicted molar refractivity (Wildman–Crippen MR) is 106 cm³/mol. The van der Waals surface area contributed by atoms with Gasteiger partial charge in [-0.2, -0.15) is 4.31 Å². The fourth-order valence-electron chi connectivity index (χ4n) is 2.75. The first-order valence-corrected chi connectivity index (χ1v) is 10.5. The number of phenols is 1. The average Bonchev–Trinajstić information content (AvgIpc) is 2.60. The van der Waals surface area contributed by atoms with E-state index < -0.39 is 15.8 Å². The summed E-state index contributed by atoms with van der Waals surface area (Å²) in [5.41, 5.74) is 0.866. The third-order valence-corrected chi connectivity index (χ3v) is 7.28. The summed E-state index contributed by atoms with van der Waals surface area (Å²) in [7, 11) is -3.92. The van der Waals surface area contributed by atoms with Crippen LogP contribution in [0.5, 0.6) is 5.75 Å². The molecule has 0 aromatic heterocycles. The third kappa shape index (κ3) is 3.86. The van der Waals surface area contributed by atoms with Gasteiger partial charge in [0.05, 0.1) is 15.1 Å². The van der Waals surface area contributed by atoms with Gasteiger partial charge in [-0.05, 0) is 30.3 Å². The lowest BCUT2D eigenvalue weighted by Crippen LogP contribution is -2.48. The molecule has 3 rings (SSSR count). The number of phenolic OH excluding ortho intramolecular Hbond substituents is 1. The molecule has 5 nitrogen and oxygen atoms in total. The molecule has 0 radical (unpaired) electrons. The summed E-state index contributed by atoms with van der Waals surface area (Å²) in [4.78, 5) is 1.72. The maximum atomic E-state index is 12.8. The lowest BCUT2D eigenvalue weighted by atomic mass is 10.2. The summed E-state index contributed by atoms with van der Waals surface area (Å²) in [6, 6.07) is 7.77. The zero-order valence-electron chi connectivity index (χ0n) is 13.3. The Morgan fingerprint density at radius 3 is 2.12 bits per heavy atom. The van der Waals surface area contributed by atoms with Gasteiger partial charge in [0.25, 0.3) is 0 Å². The van der Waals surface area contributed by atoms with Crippen LogP contribution in [0.4, 0.5) is 5.69 Å². The number of rotatable bonds is 3. The van der Waals surface area contributed by atoms with Crippen molar-refractivity contribution in [2.75, 3.05) is 31.1 Å². The van der Waals surface area contributed by atoms with Crippen LogP contribution in [0.1, 0.15) is 0 Å². The van der Waals surface area contributed by atoms with Gasteiger partial charge in [-0.1, -0.05) is 46.4 Å². The van der Waals surface area contributed by atoms with E-state index in [1.54, 1.807) is 12.1 Å². The molecule has 0 saturated carbocycles. The third-order valence-electron chi connectivity index (χ3n) is 4.12. The molecule has 140 valence electrons. The molecular weight excluding hydrogens is 442 g/mol. The number of hydrogen-bond acceptors (Lipinski definition) is 4. The van der Waals surface area contributed by atoms with Gasteiger partial charge < -0.3 is 10.0 Å². The van der Waals surface area contributed by atoms with Crippen molar-refractivity contribution in [3.63, 3.8) is 0 Å². The van der Waals surface area contributed by atoms with Gasteiger partial charge in [0.2, 0.25) is 10.0 Å². The van der Waals surface area contributed by atoms with Crippen LogP contribution in [0.2, 0.25) is 20.1 Å². The van der Waals surface area contributed by atoms with E-state index in [9.17, 15) is 13.5 Å². The monoisotopic (exact) mass is 454 g/mol. The first-order valence-electron chi connectivity index (χ1n) is 7.58. The summed E-state index contributed by atoms with van der Waals surface area (Å²) in [5, 5.41) is 11.0. The van der Waals surface area contributed by atoms with Gasteiger partial charge in [-0.25, -0.2) is 8.42 Å². The van der Waals surface area contributed by atoms with E-state index in [1.807, 2.05) is 11.0 Å². The Labute approximate surface area is 171 Å². The smallest absolute Gasteiger partial charge is 0.246 e. The van der Waals surface area contributed by atoms with Crippen LogP contribution in [-0.2, 0) is 10.0 Å². The molecule has 2 aromatic carbocycles. The second-order valence-corrected chi connectivity index (χ2v) is 9.29. The Balaban J connectivity index is 1.80. The van der Waals surface area contributed by atoms with Crippen LogP contribution < -0.4 is 4.90 Å². The molecule has 0 amide bonds. The van der Waals surface area contributed by atoms with Crippen molar-refractivity contribution in [2.45, 2.75) is 4.90 Å². The van der Waals surface area contributed by atoms with Gasteiger partial charge in [-0.3, -0.25) is 0 Å². The van der Waals surface area contributed by atoms with Gasteiger partial charge in [0.15, 0.2) is 5.75 Å². The maximum Gasteiger partial charge on any atom is 0.246 e. The minimum atomic E-state index is -3.92. The Morgan fingerprint density at radius 2 is 1.50 bits per heavy atom. The normalized spacial score (nSPS) is 16.1. The molecule has 26 heavy (non-hydrogen) atoms. The van der Waals surface area contributed by atoms with Crippen LogP contribution in [0.3, 0.4) is 0 Å². The van der Waals surface area contributed by atoms with E-state index in [-0.39, 0.29) is 28.0 Å². The Hall–Kier alpha value is -0.890. The first kappa shape index (κ1) is 19.9. The van der Waals surface area contributed by atoms with Gasteiger partial charge >= 0.3 is 0 Å². The lowest BCUT2D eigenvalue weighted by molar-refractivity contribution is 0.380. The van der Waals surface area contributed by atoms with Crippen LogP contribution in [0, 0.1) is 0 Å². The Bertz CT molecular complexity index is 945. The van der Waals surface area contributed by atoms with Gasteiger partial charge in [0.1, 0.15) is 4.90 Å². The highest BCUT2D eigenvalue weighted by molar-refractivity contribution is 7.89. The molecule has 0 bridgehead atoms. The quantitative estimate of drug-likeness (QED) is 0.739. The van der Waals surface area contributed by atoms with Crippen molar-refractivity contribution in [1.82, 2.24) is 4.31 Å². The zero-order valence-corrected chi connectivity index (χ0v) is 17.1. The Kier molecular flexibility index (Phi) is 5.82. The van der Waals surface area contributed by atoms with Crippen molar-refractivity contribution in [2.24, 2.45) is 0 Å². The summed E-state index contributed by atoms with van der Waals surface area (Å²) in [6.45, 7) is 1.41. The molecule has 1 N–H and O–H groups in total. The molecule has 1 saturated heterocycles. The molecule has 1 aliphatic rings. The molecule has 10 heteroatoms. The van der Waals surface area contributed by atoms with Crippen LogP contribution in [0.15, 0.2) is 35.2 Å². The fourth-order valence-corrected chi connectivity index (χ4v) is 5.21. The van der Waals surface area contributed by atoms with Gasteiger partial charge in [0, 0.05) is 36.9 Å². The van der Waals surface area contributed by atoms with Crippen LogP contribution in [0.25, 0.3) is 0 Å². The molecule has 0 spiro atoms.